The highest BCUT2D eigenvalue weighted by Crippen LogP contribution is 2.23. The SMILES string of the molecule is COc1ccc(C)cc1C(=O)Nc1cccc(SC)c1. The highest BCUT2D eigenvalue weighted by molar-refractivity contribution is 7.98. The minimum atomic E-state index is -0.163. The molecule has 0 bridgehead atoms. The number of hydrogen-bond donors (Lipinski definition) is 1. The number of carbonyl (C=O) groups excluding carboxylic acids is 1. The monoisotopic (exact) mass is 287 g/mol. The predicted molar refractivity (Wildman–Crippen MR) is 83.9 cm³/mol. The van der Waals surface area contributed by atoms with Crippen molar-refractivity contribution in [2.75, 3.05) is 18.7 Å². The summed E-state index contributed by atoms with van der Waals surface area (Å²) in [7, 11) is 1.57. The molecular formula is C16H17NO2S. The second kappa shape index (κ2) is 6.48. The van der Waals surface area contributed by atoms with Gasteiger partial charge < -0.3 is 10.1 Å². The van der Waals surface area contributed by atoms with Gasteiger partial charge in [-0.05, 0) is 43.5 Å². The van der Waals surface area contributed by atoms with Crippen LogP contribution in [-0.2, 0) is 0 Å². The van der Waals surface area contributed by atoms with Crippen LogP contribution in [0.5, 0.6) is 5.75 Å². The molecule has 20 heavy (non-hydrogen) atoms. The molecule has 0 heterocycles. The van der Waals surface area contributed by atoms with Crippen LogP contribution in [0.1, 0.15) is 15.9 Å². The van der Waals surface area contributed by atoms with Crippen molar-refractivity contribution in [1.29, 1.82) is 0 Å². The van der Waals surface area contributed by atoms with Gasteiger partial charge in [-0.2, -0.15) is 0 Å². The third-order valence-corrected chi connectivity index (χ3v) is 3.65. The molecule has 0 saturated carbocycles. The summed E-state index contributed by atoms with van der Waals surface area (Å²) in [6.07, 6.45) is 2.00. The molecule has 0 aliphatic heterocycles. The molecule has 0 radical (unpaired) electrons. The highest BCUT2D eigenvalue weighted by Gasteiger charge is 2.12. The molecule has 0 fully saturated rings. The number of amides is 1. The molecule has 2 aromatic carbocycles. The summed E-state index contributed by atoms with van der Waals surface area (Å²) in [4.78, 5) is 13.5. The second-order valence-corrected chi connectivity index (χ2v) is 5.27. The lowest BCUT2D eigenvalue weighted by Crippen LogP contribution is -2.13. The van der Waals surface area contributed by atoms with Gasteiger partial charge in [0.05, 0.1) is 12.7 Å². The zero-order chi connectivity index (χ0) is 14.5. The van der Waals surface area contributed by atoms with E-state index in [9.17, 15) is 4.79 Å². The average Bonchev–Trinajstić information content (AvgIpc) is 2.47. The largest absolute Gasteiger partial charge is 0.496 e. The van der Waals surface area contributed by atoms with Crippen LogP contribution < -0.4 is 10.1 Å². The molecule has 0 aliphatic rings. The molecule has 3 nitrogen and oxygen atoms in total. The number of aryl methyl sites for hydroxylation is 1. The molecule has 0 aliphatic carbocycles. The minimum absolute atomic E-state index is 0.163. The summed E-state index contributed by atoms with van der Waals surface area (Å²) < 4.78 is 5.24. The first-order chi connectivity index (χ1) is 9.63. The van der Waals surface area contributed by atoms with E-state index >= 15 is 0 Å². The number of thioether (sulfide) groups is 1. The van der Waals surface area contributed by atoms with E-state index in [1.54, 1.807) is 18.9 Å². The first kappa shape index (κ1) is 14.5. The fraction of sp³-hybridized carbons (Fsp3) is 0.188. The van der Waals surface area contributed by atoms with Crippen LogP contribution in [0.15, 0.2) is 47.4 Å². The zero-order valence-corrected chi connectivity index (χ0v) is 12.6. The van der Waals surface area contributed by atoms with Crippen LogP contribution in [0, 0.1) is 6.92 Å². The smallest absolute Gasteiger partial charge is 0.259 e. The molecule has 0 aromatic heterocycles. The number of carbonyl (C=O) groups is 1. The van der Waals surface area contributed by atoms with Crippen LogP contribution in [0.25, 0.3) is 0 Å². The number of ether oxygens (including phenoxy) is 1. The number of nitrogens with one attached hydrogen (secondary N) is 1. The summed E-state index contributed by atoms with van der Waals surface area (Å²) in [6, 6.07) is 13.3. The van der Waals surface area contributed by atoms with Crippen LogP contribution in [0.2, 0.25) is 0 Å². The van der Waals surface area contributed by atoms with Crippen LogP contribution in [-0.4, -0.2) is 19.3 Å². The van der Waals surface area contributed by atoms with Gasteiger partial charge in [-0.1, -0.05) is 17.7 Å². The van der Waals surface area contributed by atoms with Gasteiger partial charge in [-0.15, -0.1) is 11.8 Å². The molecule has 0 atom stereocenters. The average molecular weight is 287 g/mol. The summed E-state index contributed by atoms with van der Waals surface area (Å²) in [5.74, 6) is 0.415. The molecule has 0 unspecified atom stereocenters. The van der Waals surface area contributed by atoms with E-state index < -0.39 is 0 Å². The summed E-state index contributed by atoms with van der Waals surface area (Å²) in [5.41, 5.74) is 2.35. The van der Waals surface area contributed by atoms with Crippen molar-refractivity contribution in [3.8, 4) is 5.75 Å². The Morgan fingerprint density at radius 3 is 2.70 bits per heavy atom. The Labute approximate surface area is 123 Å². The van der Waals surface area contributed by atoms with Crippen LogP contribution in [0.4, 0.5) is 5.69 Å². The Morgan fingerprint density at radius 1 is 1.20 bits per heavy atom. The van der Waals surface area contributed by atoms with Crippen LogP contribution >= 0.6 is 11.8 Å². The standard InChI is InChI=1S/C16H17NO2S/c1-11-7-8-15(19-2)14(9-11)16(18)17-12-5-4-6-13(10-12)20-3/h4-10H,1-3H3,(H,17,18). The molecule has 2 rings (SSSR count). The van der Waals surface area contributed by atoms with E-state index in [4.69, 9.17) is 4.74 Å². The fourth-order valence-electron chi connectivity index (χ4n) is 1.90. The minimum Gasteiger partial charge on any atom is -0.496 e. The maximum absolute atomic E-state index is 12.3. The van der Waals surface area contributed by atoms with Gasteiger partial charge in [0.25, 0.3) is 5.91 Å². The van der Waals surface area contributed by atoms with Gasteiger partial charge in [0.2, 0.25) is 0 Å². The third-order valence-electron chi connectivity index (χ3n) is 2.93. The summed E-state index contributed by atoms with van der Waals surface area (Å²) in [6.45, 7) is 1.95. The Morgan fingerprint density at radius 2 is 2.00 bits per heavy atom. The Bertz CT molecular complexity index is 626. The second-order valence-electron chi connectivity index (χ2n) is 4.39. The normalized spacial score (nSPS) is 10.2. The Kier molecular flexibility index (Phi) is 4.69. The van der Waals surface area contributed by atoms with Crippen molar-refractivity contribution in [2.45, 2.75) is 11.8 Å². The van der Waals surface area contributed by atoms with E-state index in [0.717, 1.165) is 16.1 Å². The van der Waals surface area contributed by atoms with Gasteiger partial charge in [-0.3, -0.25) is 4.79 Å². The first-order valence-electron chi connectivity index (χ1n) is 6.24. The van der Waals surface area contributed by atoms with E-state index in [2.05, 4.69) is 5.32 Å². The lowest BCUT2D eigenvalue weighted by molar-refractivity contribution is 0.102. The van der Waals surface area contributed by atoms with Crippen molar-refractivity contribution in [3.63, 3.8) is 0 Å². The van der Waals surface area contributed by atoms with Gasteiger partial charge in [-0.25, -0.2) is 0 Å². The molecule has 1 N–H and O–H groups in total. The van der Waals surface area contributed by atoms with Crippen molar-refractivity contribution in [1.82, 2.24) is 0 Å². The number of hydrogen-bond acceptors (Lipinski definition) is 3. The molecule has 0 saturated heterocycles. The summed E-state index contributed by atoms with van der Waals surface area (Å²) in [5, 5.41) is 2.90. The van der Waals surface area contributed by atoms with E-state index in [1.165, 1.54) is 0 Å². The van der Waals surface area contributed by atoms with Gasteiger partial charge in [0.1, 0.15) is 5.75 Å². The Hall–Kier alpha value is -1.94. The van der Waals surface area contributed by atoms with Gasteiger partial charge in [0, 0.05) is 10.6 Å². The lowest BCUT2D eigenvalue weighted by Gasteiger charge is -2.10. The first-order valence-corrected chi connectivity index (χ1v) is 7.46. The predicted octanol–water partition coefficient (Wildman–Crippen LogP) is 3.98. The molecule has 4 heteroatoms. The molecule has 2 aromatic rings. The molecular weight excluding hydrogens is 270 g/mol. The van der Waals surface area contributed by atoms with Gasteiger partial charge in [0.15, 0.2) is 0 Å². The topological polar surface area (TPSA) is 38.3 Å². The van der Waals surface area contributed by atoms with Crippen molar-refractivity contribution < 1.29 is 9.53 Å². The quantitative estimate of drug-likeness (QED) is 0.864. The third kappa shape index (κ3) is 3.33. The fourth-order valence-corrected chi connectivity index (χ4v) is 2.36. The molecule has 1 amide bonds. The maximum atomic E-state index is 12.3. The van der Waals surface area contributed by atoms with Gasteiger partial charge >= 0.3 is 0 Å². The summed E-state index contributed by atoms with van der Waals surface area (Å²) >= 11 is 1.64. The number of anilines is 1. The molecule has 0 spiro atoms. The van der Waals surface area contributed by atoms with E-state index in [0.29, 0.717) is 11.3 Å². The Balaban J connectivity index is 2.25. The maximum Gasteiger partial charge on any atom is 0.259 e. The highest BCUT2D eigenvalue weighted by atomic mass is 32.2. The number of rotatable bonds is 4. The van der Waals surface area contributed by atoms with Crippen molar-refractivity contribution >= 4 is 23.4 Å². The molecule has 104 valence electrons. The van der Waals surface area contributed by atoms with E-state index in [1.807, 2.05) is 55.6 Å². The van der Waals surface area contributed by atoms with Crippen molar-refractivity contribution in [3.05, 3.63) is 53.6 Å². The number of methoxy groups -OCH3 is 1. The zero-order valence-electron chi connectivity index (χ0n) is 11.8. The van der Waals surface area contributed by atoms with E-state index in [-0.39, 0.29) is 5.91 Å². The van der Waals surface area contributed by atoms with Crippen LogP contribution in [0.3, 0.4) is 0 Å². The lowest BCUT2D eigenvalue weighted by atomic mass is 10.1. The van der Waals surface area contributed by atoms with Crippen molar-refractivity contribution in [2.24, 2.45) is 0 Å². The number of benzene rings is 2.